The summed E-state index contributed by atoms with van der Waals surface area (Å²) in [6.45, 7) is 9.81. The third kappa shape index (κ3) is 5.98. The Bertz CT molecular complexity index is 1330. The van der Waals surface area contributed by atoms with Gasteiger partial charge in [0, 0.05) is 63.9 Å². The Morgan fingerprint density at radius 2 is 2.03 bits per heavy atom. The van der Waals surface area contributed by atoms with Gasteiger partial charge >= 0.3 is 0 Å². The second-order valence-electron chi connectivity index (χ2n) is 10.7. The molecule has 4 rings (SSSR count). The monoisotopic (exact) mass is 515 g/mol. The maximum absolute atomic E-state index is 11.5. The summed E-state index contributed by atoms with van der Waals surface area (Å²) in [6.07, 6.45) is 8.74. The van der Waals surface area contributed by atoms with Gasteiger partial charge in [-0.25, -0.2) is 18.4 Å². The number of fused-ring (bicyclic) bond motifs is 1. The first-order chi connectivity index (χ1) is 16.5. The number of aromatic nitrogens is 5. The van der Waals surface area contributed by atoms with Crippen LogP contribution in [-0.4, -0.2) is 84.0 Å². The van der Waals surface area contributed by atoms with Crippen LogP contribution in [0.15, 0.2) is 31.0 Å². The lowest BCUT2D eigenvalue weighted by atomic mass is 9.87. The number of rotatable bonds is 11. The zero-order valence-corrected chi connectivity index (χ0v) is 22.6. The van der Waals surface area contributed by atoms with Gasteiger partial charge in [-0.15, -0.1) is 0 Å². The molecule has 4 heterocycles. The van der Waals surface area contributed by atoms with Crippen LogP contribution in [0, 0.1) is 11.3 Å². The van der Waals surface area contributed by atoms with Crippen molar-refractivity contribution in [2.24, 2.45) is 0 Å². The Balaban J connectivity index is 1.50. The zero-order chi connectivity index (χ0) is 25.3. The van der Waals surface area contributed by atoms with Crippen molar-refractivity contribution in [3.05, 3.63) is 31.0 Å². The number of nitrogens with zero attached hydrogens (tertiary/aromatic N) is 7. The fraction of sp³-hybridized carbons (Fsp3) is 0.565. The normalized spacial score (nSPS) is 16.3. The van der Waals surface area contributed by atoms with Crippen LogP contribution >= 0.6 is 0 Å². The van der Waals surface area contributed by atoms with Gasteiger partial charge in [0.05, 0.1) is 30.1 Å². The lowest BCUT2D eigenvalue weighted by molar-refractivity contribution is 0.0101. The summed E-state index contributed by atoms with van der Waals surface area (Å²) in [6, 6.07) is 5.38. The molecule has 188 valence electrons. The highest BCUT2D eigenvalue weighted by atomic mass is 32.2. The van der Waals surface area contributed by atoms with E-state index in [1.807, 2.05) is 32.6 Å². The topological polar surface area (TPSA) is 119 Å². The van der Waals surface area contributed by atoms with Crippen molar-refractivity contribution in [3.63, 3.8) is 0 Å². The molecule has 0 radical (unpaired) electrons. The third-order valence-corrected chi connectivity index (χ3v) is 8.98. The first kappa shape index (κ1) is 25.5. The first-order valence-electron chi connectivity index (χ1n) is 11.7. The Kier molecular flexibility index (Phi) is 7.15. The van der Waals surface area contributed by atoms with Crippen molar-refractivity contribution in [1.29, 1.82) is 5.26 Å². The van der Waals surface area contributed by atoms with Crippen LogP contribution in [0.5, 0.6) is 0 Å². The lowest BCUT2D eigenvalue weighted by Crippen LogP contribution is -2.63. The van der Waals surface area contributed by atoms with Gasteiger partial charge in [-0.05, 0) is 12.1 Å². The SMILES string of the molecule is C[Si](C)(C)CCOCn1ccc2c(-c3cnn(C4(CC#N)CN(CCS(C)(=O)=O)C4)c3)ncnc21. The van der Waals surface area contributed by atoms with Crippen molar-refractivity contribution in [1.82, 2.24) is 29.2 Å². The minimum Gasteiger partial charge on any atom is -0.361 e. The molecule has 1 aliphatic heterocycles. The Labute approximate surface area is 207 Å². The van der Waals surface area contributed by atoms with Crippen molar-refractivity contribution in [3.8, 4) is 17.3 Å². The summed E-state index contributed by atoms with van der Waals surface area (Å²) in [4.78, 5) is 11.0. The van der Waals surface area contributed by atoms with Crippen LogP contribution in [0.25, 0.3) is 22.3 Å². The molecule has 1 aliphatic rings. The minimum absolute atomic E-state index is 0.109. The molecule has 0 N–H and O–H groups in total. The largest absolute Gasteiger partial charge is 0.361 e. The molecule has 12 heteroatoms. The van der Waals surface area contributed by atoms with Crippen LogP contribution in [0.3, 0.4) is 0 Å². The molecule has 0 saturated carbocycles. The molecule has 3 aromatic heterocycles. The van der Waals surface area contributed by atoms with E-state index in [4.69, 9.17) is 4.74 Å². The van der Waals surface area contributed by atoms with Gasteiger partial charge in [-0.1, -0.05) is 19.6 Å². The molecule has 0 aromatic carbocycles. The molecule has 0 atom stereocenters. The first-order valence-corrected chi connectivity index (χ1v) is 17.5. The van der Waals surface area contributed by atoms with E-state index in [1.165, 1.54) is 6.26 Å². The van der Waals surface area contributed by atoms with Gasteiger partial charge in [0.25, 0.3) is 0 Å². The van der Waals surface area contributed by atoms with E-state index >= 15 is 0 Å². The molecule has 1 saturated heterocycles. The molecule has 0 bridgehead atoms. The van der Waals surface area contributed by atoms with Crippen LogP contribution in [0.4, 0.5) is 0 Å². The smallest absolute Gasteiger partial charge is 0.148 e. The van der Waals surface area contributed by atoms with Gasteiger partial charge < -0.3 is 9.30 Å². The van der Waals surface area contributed by atoms with Gasteiger partial charge in [0.2, 0.25) is 0 Å². The summed E-state index contributed by atoms with van der Waals surface area (Å²) in [7, 11) is -4.17. The van der Waals surface area contributed by atoms with Gasteiger partial charge in [-0.3, -0.25) is 9.58 Å². The van der Waals surface area contributed by atoms with E-state index in [-0.39, 0.29) is 5.75 Å². The molecule has 3 aromatic rings. The van der Waals surface area contributed by atoms with Gasteiger partial charge in [0.15, 0.2) is 0 Å². The van der Waals surface area contributed by atoms with E-state index in [9.17, 15) is 13.7 Å². The minimum atomic E-state index is -3.03. The molecule has 35 heavy (non-hydrogen) atoms. The Morgan fingerprint density at radius 3 is 2.71 bits per heavy atom. The van der Waals surface area contributed by atoms with Crippen molar-refractivity contribution < 1.29 is 13.2 Å². The quantitative estimate of drug-likeness (QED) is 0.282. The summed E-state index contributed by atoms with van der Waals surface area (Å²) in [5.41, 5.74) is 1.97. The predicted molar refractivity (Wildman–Crippen MR) is 137 cm³/mol. The molecule has 0 aliphatic carbocycles. The number of nitriles is 1. The summed E-state index contributed by atoms with van der Waals surface area (Å²) in [5.74, 6) is 0.109. The second-order valence-corrected chi connectivity index (χ2v) is 18.5. The molecule has 0 spiro atoms. The van der Waals surface area contributed by atoms with E-state index in [1.54, 1.807) is 12.5 Å². The van der Waals surface area contributed by atoms with Crippen LogP contribution in [0.1, 0.15) is 6.42 Å². The summed E-state index contributed by atoms with van der Waals surface area (Å²) >= 11 is 0. The number of sulfone groups is 1. The number of likely N-dealkylation sites (tertiary alicyclic amines) is 1. The second kappa shape index (κ2) is 9.81. The zero-order valence-electron chi connectivity index (χ0n) is 20.8. The Morgan fingerprint density at radius 1 is 1.26 bits per heavy atom. The highest BCUT2D eigenvalue weighted by molar-refractivity contribution is 7.90. The average Bonchev–Trinajstić information content (AvgIpc) is 3.39. The van der Waals surface area contributed by atoms with Crippen molar-refractivity contribution >= 4 is 28.9 Å². The number of hydrogen-bond acceptors (Lipinski definition) is 8. The maximum Gasteiger partial charge on any atom is 0.148 e. The van der Waals surface area contributed by atoms with Crippen molar-refractivity contribution in [2.45, 2.75) is 44.4 Å². The average molecular weight is 516 g/mol. The van der Waals surface area contributed by atoms with Crippen LogP contribution in [0.2, 0.25) is 25.7 Å². The summed E-state index contributed by atoms with van der Waals surface area (Å²) in [5, 5.41) is 14.9. The van der Waals surface area contributed by atoms with E-state index in [2.05, 4.69) is 40.8 Å². The van der Waals surface area contributed by atoms with Gasteiger partial charge in [-0.2, -0.15) is 10.4 Å². The van der Waals surface area contributed by atoms with Crippen LogP contribution < -0.4 is 0 Å². The molecular formula is C23H33N7O3SSi. The number of ether oxygens (including phenoxy) is 1. The predicted octanol–water partition coefficient (Wildman–Crippen LogP) is 2.58. The third-order valence-electron chi connectivity index (χ3n) is 6.35. The van der Waals surface area contributed by atoms with Gasteiger partial charge in [0.1, 0.15) is 34.1 Å². The Hall–Kier alpha value is -2.59. The molecule has 0 unspecified atom stereocenters. The van der Waals surface area contributed by atoms with Crippen molar-refractivity contribution in [2.75, 3.05) is 38.2 Å². The highest BCUT2D eigenvalue weighted by Gasteiger charge is 2.45. The molecule has 10 nitrogen and oxygen atoms in total. The fourth-order valence-electron chi connectivity index (χ4n) is 4.31. The van der Waals surface area contributed by atoms with E-state index < -0.39 is 23.5 Å². The summed E-state index contributed by atoms with van der Waals surface area (Å²) < 4.78 is 32.7. The van der Waals surface area contributed by atoms with E-state index in [0.717, 1.165) is 34.9 Å². The molecule has 0 amide bonds. The molecular weight excluding hydrogens is 482 g/mol. The lowest BCUT2D eigenvalue weighted by Gasteiger charge is -2.49. The fourth-order valence-corrected chi connectivity index (χ4v) is 5.65. The highest BCUT2D eigenvalue weighted by Crippen LogP contribution is 2.34. The van der Waals surface area contributed by atoms with Crippen LogP contribution in [-0.2, 0) is 26.8 Å². The standard InChI is InChI=1S/C23H33N7O3SSi/c1-34(31,32)11-9-28-15-23(16-28,6-7-24)30-14-19(13-27-30)21-20-5-8-29(22(20)26-17-25-21)18-33-10-12-35(2,3)4/h5,8,13-14,17H,6,9-12,15-16,18H2,1-4H3. The molecule has 1 fully saturated rings. The van der Waals surface area contributed by atoms with E-state index in [0.29, 0.717) is 32.8 Å². The number of hydrogen-bond donors (Lipinski definition) is 0. The maximum atomic E-state index is 11.5.